The van der Waals surface area contributed by atoms with E-state index in [4.69, 9.17) is 9.72 Å². The van der Waals surface area contributed by atoms with Crippen molar-refractivity contribution in [3.05, 3.63) is 172 Å². The van der Waals surface area contributed by atoms with Crippen LogP contribution in [0.3, 0.4) is 0 Å². The third-order valence-corrected chi connectivity index (χ3v) is 17.5. The molecule has 1 saturated heterocycles. The molecule has 2 aliphatic heterocycles. The number of pyridine rings is 1. The van der Waals surface area contributed by atoms with E-state index in [9.17, 15) is 34.2 Å². The number of anilines is 2. The van der Waals surface area contributed by atoms with E-state index in [1.807, 2.05) is 168 Å². The number of amides is 4. The van der Waals surface area contributed by atoms with Gasteiger partial charge in [-0.3, -0.25) is 24.5 Å². The van der Waals surface area contributed by atoms with Gasteiger partial charge in [-0.25, -0.2) is 19.7 Å². The number of thiazole rings is 2. The number of rotatable bonds is 17. The molecule has 0 bridgehead atoms. The number of carboxylic acid groups (broad SMARTS) is 1. The van der Waals surface area contributed by atoms with Gasteiger partial charge in [0.25, 0.3) is 5.91 Å². The number of aromatic carboxylic acids is 1. The van der Waals surface area contributed by atoms with Crippen LogP contribution in [0.2, 0.25) is 0 Å². The summed E-state index contributed by atoms with van der Waals surface area (Å²) in [5.41, 5.74) is 9.93. The van der Waals surface area contributed by atoms with Crippen molar-refractivity contribution in [3.63, 3.8) is 0 Å². The first-order valence-corrected chi connectivity index (χ1v) is 29.2. The van der Waals surface area contributed by atoms with Gasteiger partial charge < -0.3 is 35.4 Å². The average molecular weight is 1140 g/mol. The highest BCUT2D eigenvalue weighted by atomic mass is 32.1. The molecule has 0 saturated carbocycles. The summed E-state index contributed by atoms with van der Waals surface area (Å²) in [6, 6.07) is 35.8. The molecular formula is C64H66N8O8S2. The minimum atomic E-state index is -1.18. The van der Waals surface area contributed by atoms with Crippen molar-refractivity contribution in [2.24, 2.45) is 5.41 Å². The van der Waals surface area contributed by atoms with E-state index in [2.05, 4.69) is 25.9 Å². The van der Waals surface area contributed by atoms with Crippen LogP contribution < -0.4 is 25.6 Å². The van der Waals surface area contributed by atoms with E-state index >= 15 is 0 Å². The Morgan fingerprint density at radius 3 is 2.29 bits per heavy atom. The molecule has 16 nitrogen and oxygen atoms in total. The lowest BCUT2D eigenvalue weighted by molar-refractivity contribution is -0.144. The summed E-state index contributed by atoms with van der Waals surface area (Å²) >= 11 is 2.98. The number of hydrogen-bond donors (Lipinski definition) is 5. The molecule has 4 amide bonds. The van der Waals surface area contributed by atoms with E-state index in [0.717, 1.165) is 54.2 Å². The lowest BCUT2D eigenvalue weighted by atomic mass is 9.85. The minimum Gasteiger partial charge on any atom is -0.476 e. The molecule has 2 aliphatic rings. The molecule has 422 valence electrons. The van der Waals surface area contributed by atoms with Crippen LogP contribution in [0.25, 0.3) is 31.8 Å². The monoisotopic (exact) mass is 1140 g/mol. The Morgan fingerprint density at radius 2 is 1.57 bits per heavy atom. The Hall–Kier alpha value is -8.32. The lowest BCUT2D eigenvalue weighted by Crippen LogP contribution is -2.57. The molecule has 0 radical (unpaired) electrons. The summed E-state index contributed by atoms with van der Waals surface area (Å²) in [6.45, 7) is 14.3. The van der Waals surface area contributed by atoms with Crippen LogP contribution in [-0.2, 0) is 27.3 Å². The smallest absolute Gasteiger partial charge is 0.355 e. The third-order valence-electron chi connectivity index (χ3n) is 15.6. The zero-order valence-electron chi connectivity index (χ0n) is 46.9. The van der Waals surface area contributed by atoms with Gasteiger partial charge in [-0.05, 0) is 132 Å². The van der Waals surface area contributed by atoms with Crippen LogP contribution in [0.4, 0.5) is 10.9 Å². The summed E-state index contributed by atoms with van der Waals surface area (Å²) in [5, 5.41) is 30.9. The fraction of sp³-hybridized carbons (Fsp3) is 0.312. The van der Waals surface area contributed by atoms with Gasteiger partial charge in [0.15, 0.2) is 10.8 Å². The van der Waals surface area contributed by atoms with Crippen molar-refractivity contribution < 1.29 is 38.9 Å². The van der Waals surface area contributed by atoms with Crippen molar-refractivity contribution >= 4 is 73.4 Å². The van der Waals surface area contributed by atoms with E-state index < -0.39 is 35.5 Å². The van der Waals surface area contributed by atoms with E-state index in [1.165, 1.54) is 16.2 Å². The Labute approximate surface area is 484 Å². The lowest BCUT2D eigenvalue weighted by Gasteiger charge is -2.35. The second-order valence-electron chi connectivity index (χ2n) is 22.3. The molecule has 82 heavy (non-hydrogen) atoms. The number of benzene rings is 5. The quantitative estimate of drug-likeness (QED) is 0.0576. The molecule has 5 N–H and O–H groups in total. The molecule has 3 aromatic heterocycles. The molecule has 18 heteroatoms. The highest BCUT2D eigenvalue weighted by Gasteiger charge is 2.45. The Morgan fingerprint density at radius 1 is 0.829 bits per heavy atom. The summed E-state index contributed by atoms with van der Waals surface area (Å²) in [4.78, 5) is 86.6. The third kappa shape index (κ3) is 12.4. The number of ether oxygens (including phenoxy) is 1. The first-order valence-electron chi connectivity index (χ1n) is 27.5. The second-order valence-corrected chi connectivity index (χ2v) is 24.2. The standard InChI is InChI=1S/C64H66N8O8S2/c1-36(18-29-55(74)69-58(64(5,6)7)61(77)72-33-44(73)32-51(72)60(76)66-38(3)41-19-21-43(22-20-41)57-39(4)65-35-81-57)40-23-25-45(26-24-40)80-52-16-11-13-46(37(52)2)47-27-28-54(68-56(47)62(78)79)71-31-30-42-12-10-14-48(49(42)34-71)59(75)70-63-67-50-15-8-9-17-53(50)82-63/h8-17,19-28,35-36,38,44,51,58,73H,18,29-34H2,1-7H3,(H,66,76)(H,69,74)(H,78,79)(H,67,70,75)/t36?,38-,44+,51-,58?/m0/s1. The molecule has 5 heterocycles. The van der Waals surface area contributed by atoms with Gasteiger partial charge in [0.05, 0.1) is 38.4 Å². The fourth-order valence-corrected chi connectivity index (χ4v) is 12.5. The molecule has 5 aromatic carbocycles. The minimum absolute atomic E-state index is 0.0226. The van der Waals surface area contributed by atoms with Crippen molar-refractivity contribution in [1.82, 2.24) is 30.5 Å². The van der Waals surface area contributed by atoms with Gasteiger partial charge >= 0.3 is 5.97 Å². The van der Waals surface area contributed by atoms with Crippen LogP contribution in [0.15, 0.2) is 127 Å². The number of aliphatic hydroxyl groups excluding tert-OH is 1. The number of likely N-dealkylation sites (tertiary alicyclic amines) is 1. The molecule has 1 fully saturated rings. The number of para-hydroxylation sites is 1. The van der Waals surface area contributed by atoms with Crippen LogP contribution >= 0.6 is 22.7 Å². The summed E-state index contributed by atoms with van der Waals surface area (Å²) in [7, 11) is 0. The molecule has 8 aromatic rings. The van der Waals surface area contributed by atoms with E-state index in [0.29, 0.717) is 65.1 Å². The zero-order valence-corrected chi connectivity index (χ0v) is 48.5. The maximum atomic E-state index is 14.3. The number of β-amino-alcohol motifs (C(OH)–C–C–N with tert-alkyl or cyclic N) is 1. The summed E-state index contributed by atoms with van der Waals surface area (Å²) in [6.07, 6.45) is 0.468. The van der Waals surface area contributed by atoms with E-state index in [1.54, 1.807) is 23.5 Å². The van der Waals surface area contributed by atoms with Gasteiger partial charge in [0, 0.05) is 43.6 Å². The van der Waals surface area contributed by atoms with Gasteiger partial charge in [0.2, 0.25) is 17.7 Å². The molecular weight excluding hydrogens is 1070 g/mol. The number of nitrogens with zero attached hydrogens (tertiary/aromatic N) is 5. The number of aliphatic hydroxyl groups is 1. The molecule has 5 atom stereocenters. The van der Waals surface area contributed by atoms with Crippen molar-refractivity contribution in [2.75, 3.05) is 23.3 Å². The number of aromatic nitrogens is 3. The van der Waals surface area contributed by atoms with Gasteiger partial charge in [0.1, 0.15) is 29.4 Å². The number of carbonyl (C=O) groups excluding carboxylic acids is 4. The number of nitrogens with one attached hydrogen (secondary N) is 3. The molecule has 2 unspecified atom stereocenters. The Kier molecular flexibility index (Phi) is 16.7. The number of aryl methyl sites for hydroxylation is 1. The average Bonchev–Trinajstić information content (AvgIpc) is 4.29. The Bertz CT molecular complexity index is 3670. The summed E-state index contributed by atoms with van der Waals surface area (Å²) in [5.74, 6) is -0.972. The number of fused-ring (bicyclic) bond motifs is 2. The highest BCUT2D eigenvalue weighted by Crippen LogP contribution is 2.38. The topological polar surface area (TPSA) is 216 Å². The van der Waals surface area contributed by atoms with Crippen molar-refractivity contribution in [1.29, 1.82) is 0 Å². The number of hydrogen-bond acceptors (Lipinski definition) is 13. The second kappa shape index (κ2) is 24.0. The SMILES string of the molecule is Cc1ncsc1-c1ccc([C@H](C)NC(=O)[C@@H]2C[C@@H](O)CN2C(=O)C(NC(=O)CCC(C)c2ccc(Oc3cccc(-c4ccc(N5CCc6cccc(C(=O)Nc7nc8ccccc8s7)c6C5)nc4C(=O)O)c3C)cc2)C(C)(C)C)cc1. The highest BCUT2D eigenvalue weighted by molar-refractivity contribution is 7.22. The normalized spacial score (nSPS) is 16.2. The number of carboxylic acids is 1. The van der Waals surface area contributed by atoms with Crippen molar-refractivity contribution in [2.45, 2.75) is 111 Å². The van der Waals surface area contributed by atoms with Crippen LogP contribution in [0.5, 0.6) is 11.5 Å². The van der Waals surface area contributed by atoms with Gasteiger partial charge in [-0.2, -0.15) is 0 Å². The van der Waals surface area contributed by atoms with Crippen molar-refractivity contribution in [3.8, 4) is 33.1 Å². The van der Waals surface area contributed by atoms with Crippen LogP contribution in [0, 0.1) is 19.3 Å². The zero-order chi connectivity index (χ0) is 58.0. The predicted molar refractivity (Wildman–Crippen MR) is 321 cm³/mol. The first kappa shape index (κ1) is 56.9. The first-order chi connectivity index (χ1) is 39.3. The van der Waals surface area contributed by atoms with E-state index in [-0.39, 0.29) is 54.8 Å². The maximum absolute atomic E-state index is 14.3. The fourth-order valence-electron chi connectivity index (χ4n) is 10.9. The van der Waals surface area contributed by atoms with Gasteiger partial charge in [-0.15, -0.1) is 11.3 Å². The Balaban J connectivity index is 0.747. The molecule has 10 rings (SSSR count). The summed E-state index contributed by atoms with van der Waals surface area (Å²) < 4.78 is 7.39. The predicted octanol–water partition coefficient (Wildman–Crippen LogP) is 11.7. The van der Waals surface area contributed by atoms with Gasteiger partial charge in [-0.1, -0.05) is 112 Å². The van der Waals surface area contributed by atoms with Crippen LogP contribution in [0.1, 0.15) is 120 Å². The van der Waals surface area contributed by atoms with Crippen LogP contribution in [-0.4, -0.2) is 90.9 Å². The largest absolute Gasteiger partial charge is 0.476 e. The molecule has 0 spiro atoms. The molecule has 0 aliphatic carbocycles. The number of carbonyl (C=O) groups is 5. The maximum Gasteiger partial charge on any atom is 0.355 e.